The molecule has 1 aromatic carbocycles. The summed E-state index contributed by atoms with van der Waals surface area (Å²) in [6.07, 6.45) is 5.93. The highest BCUT2D eigenvalue weighted by atomic mass is 35.5. The van der Waals surface area contributed by atoms with Gasteiger partial charge in [-0.25, -0.2) is 8.78 Å². The molecular weight excluding hydrogens is 556 g/mol. The number of esters is 1. The van der Waals surface area contributed by atoms with Crippen LogP contribution in [0.25, 0.3) is 0 Å². The molecule has 0 bridgehead atoms. The molecule has 4 rings (SSSR count). The number of benzene rings is 1. The molecule has 1 aromatic heterocycles. The lowest BCUT2D eigenvalue weighted by Crippen LogP contribution is -2.36. The van der Waals surface area contributed by atoms with E-state index in [0.717, 1.165) is 44.2 Å². The zero-order valence-corrected chi connectivity index (χ0v) is 24.3. The molecule has 1 aliphatic heterocycles. The third-order valence-electron chi connectivity index (χ3n) is 7.63. The van der Waals surface area contributed by atoms with E-state index in [1.54, 1.807) is 4.57 Å². The molecule has 8 nitrogen and oxygen atoms in total. The van der Waals surface area contributed by atoms with Crippen molar-refractivity contribution in [2.24, 2.45) is 11.8 Å². The molecule has 2 amide bonds. The molecule has 2 aliphatic rings. The predicted octanol–water partition coefficient (Wildman–Crippen LogP) is 5.85. The SMILES string of the molecule is CC(C)(C)OC(=O)CCC1CCC(CNC(=O)C(=O)c2c(Cl)c(C(=O)Nc3ccc(F)c(F)c3)c3n2CCC3)CC1. The van der Waals surface area contributed by atoms with Crippen molar-refractivity contribution < 1.29 is 32.7 Å². The zero-order chi connectivity index (χ0) is 29.9. The van der Waals surface area contributed by atoms with Crippen molar-refractivity contribution in [3.63, 3.8) is 0 Å². The first-order chi connectivity index (χ1) is 19.3. The minimum Gasteiger partial charge on any atom is -0.460 e. The summed E-state index contributed by atoms with van der Waals surface area (Å²) in [5.74, 6) is -3.99. The van der Waals surface area contributed by atoms with Crippen LogP contribution in [0.3, 0.4) is 0 Å². The monoisotopic (exact) mass is 591 g/mol. The van der Waals surface area contributed by atoms with Gasteiger partial charge < -0.3 is 19.9 Å². The molecule has 0 unspecified atom stereocenters. The summed E-state index contributed by atoms with van der Waals surface area (Å²) in [6.45, 7) is 6.32. The largest absolute Gasteiger partial charge is 0.460 e. The van der Waals surface area contributed by atoms with Crippen molar-refractivity contribution in [1.82, 2.24) is 9.88 Å². The van der Waals surface area contributed by atoms with Gasteiger partial charge in [0.1, 0.15) is 11.3 Å². The summed E-state index contributed by atoms with van der Waals surface area (Å²) < 4.78 is 33.9. The van der Waals surface area contributed by atoms with Crippen LogP contribution in [0.5, 0.6) is 0 Å². The summed E-state index contributed by atoms with van der Waals surface area (Å²) in [5.41, 5.74) is 0.0746. The third kappa shape index (κ3) is 7.52. The van der Waals surface area contributed by atoms with E-state index in [4.69, 9.17) is 16.3 Å². The number of nitrogens with one attached hydrogen (secondary N) is 2. The fourth-order valence-electron chi connectivity index (χ4n) is 5.63. The molecule has 2 aromatic rings. The number of ether oxygens (including phenoxy) is 1. The van der Waals surface area contributed by atoms with Gasteiger partial charge in [0.15, 0.2) is 11.6 Å². The van der Waals surface area contributed by atoms with E-state index < -0.39 is 34.8 Å². The Hall–Kier alpha value is -3.27. The highest BCUT2D eigenvalue weighted by molar-refractivity contribution is 6.48. The van der Waals surface area contributed by atoms with Crippen molar-refractivity contribution >= 4 is 40.9 Å². The van der Waals surface area contributed by atoms with Gasteiger partial charge in [-0.05, 0) is 76.8 Å². The maximum absolute atomic E-state index is 13.6. The number of anilines is 1. The summed E-state index contributed by atoms with van der Waals surface area (Å²) in [7, 11) is 0. The average molecular weight is 592 g/mol. The van der Waals surface area contributed by atoms with E-state index in [1.807, 2.05) is 20.8 Å². The second-order valence-corrected chi connectivity index (χ2v) is 12.3. The second kappa shape index (κ2) is 12.7. The van der Waals surface area contributed by atoms with Crippen molar-refractivity contribution in [1.29, 1.82) is 0 Å². The number of halogens is 3. The Kier molecular flexibility index (Phi) is 9.51. The van der Waals surface area contributed by atoms with Crippen LogP contribution in [-0.4, -0.2) is 40.3 Å². The first-order valence-electron chi connectivity index (χ1n) is 14.1. The van der Waals surface area contributed by atoms with E-state index >= 15 is 0 Å². The average Bonchev–Trinajstić information content (AvgIpc) is 3.46. The first kappa shape index (κ1) is 30.7. The number of ketones is 1. The number of Topliss-reactive ketones (excluding diaryl/α,β-unsaturated/α-hetero) is 1. The quantitative estimate of drug-likeness (QED) is 0.216. The lowest BCUT2D eigenvalue weighted by molar-refractivity contribution is -0.155. The standard InChI is InChI=1S/C30H36ClF2N3O5/c1-30(2,3)41-23(37)13-10-17-6-8-18(9-7-17)16-34-29(40)27(38)26-25(31)24(22-5-4-14-36(22)26)28(39)35-19-11-12-20(32)21(33)15-19/h11-12,15,17-18H,4-10,13-14,16H2,1-3H3,(H,34,40)(H,35,39). The molecule has 2 heterocycles. The fraction of sp³-hybridized carbons (Fsp3) is 0.533. The molecule has 0 radical (unpaired) electrons. The Balaban J connectivity index is 1.32. The molecule has 0 atom stereocenters. The number of fused-ring (bicyclic) bond motifs is 1. The number of hydrogen-bond donors (Lipinski definition) is 2. The molecule has 11 heteroatoms. The van der Waals surface area contributed by atoms with Crippen LogP contribution in [0.15, 0.2) is 18.2 Å². The lowest BCUT2D eigenvalue weighted by atomic mass is 9.80. The molecule has 1 fully saturated rings. The molecule has 2 N–H and O–H groups in total. The van der Waals surface area contributed by atoms with Gasteiger partial charge in [-0.2, -0.15) is 0 Å². The van der Waals surface area contributed by atoms with Crippen LogP contribution in [0.2, 0.25) is 5.02 Å². The number of amides is 2. The van der Waals surface area contributed by atoms with Gasteiger partial charge in [-0.1, -0.05) is 24.4 Å². The van der Waals surface area contributed by atoms with Crippen molar-refractivity contribution in [2.75, 3.05) is 11.9 Å². The molecule has 0 saturated heterocycles. The summed E-state index contributed by atoms with van der Waals surface area (Å²) in [4.78, 5) is 51.1. The van der Waals surface area contributed by atoms with Gasteiger partial charge in [0.05, 0.1) is 10.6 Å². The van der Waals surface area contributed by atoms with E-state index in [-0.39, 0.29) is 33.9 Å². The van der Waals surface area contributed by atoms with Gasteiger partial charge in [0.25, 0.3) is 17.6 Å². The second-order valence-electron chi connectivity index (χ2n) is 11.9. The molecule has 222 valence electrons. The number of hydrogen-bond acceptors (Lipinski definition) is 5. The molecule has 41 heavy (non-hydrogen) atoms. The number of carbonyl (C=O) groups is 4. The van der Waals surface area contributed by atoms with Gasteiger partial charge in [-0.15, -0.1) is 0 Å². The van der Waals surface area contributed by atoms with Crippen molar-refractivity contribution in [2.45, 2.75) is 84.3 Å². The Morgan fingerprint density at radius 1 is 1.05 bits per heavy atom. The van der Waals surface area contributed by atoms with Crippen LogP contribution in [-0.2, 0) is 27.3 Å². The smallest absolute Gasteiger partial charge is 0.306 e. The van der Waals surface area contributed by atoms with Crippen LogP contribution in [0.1, 0.15) is 92.3 Å². The van der Waals surface area contributed by atoms with Crippen LogP contribution in [0, 0.1) is 23.5 Å². The van der Waals surface area contributed by atoms with Crippen molar-refractivity contribution in [3.8, 4) is 0 Å². The molecule has 1 aliphatic carbocycles. The summed E-state index contributed by atoms with van der Waals surface area (Å²) in [5, 5.41) is 5.10. The first-order valence-corrected chi connectivity index (χ1v) is 14.4. The number of aromatic nitrogens is 1. The Labute approximate surface area is 243 Å². The predicted molar refractivity (Wildman–Crippen MR) is 150 cm³/mol. The maximum Gasteiger partial charge on any atom is 0.306 e. The van der Waals surface area contributed by atoms with Crippen LogP contribution in [0.4, 0.5) is 14.5 Å². The zero-order valence-electron chi connectivity index (χ0n) is 23.6. The summed E-state index contributed by atoms with van der Waals surface area (Å²) in [6, 6.07) is 2.96. The normalized spacial score (nSPS) is 18.5. The maximum atomic E-state index is 13.6. The minimum atomic E-state index is -1.11. The minimum absolute atomic E-state index is 0.0353. The fourth-order valence-corrected chi connectivity index (χ4v) is 6.01. The number of nitrogens with zero attached hydrogens (tertiary/aromatic N) is 1. The van der Waals surface area contributed by atoms with Gasteiger partial charge in [0, 0.05) is 37.0 Å². The Morgan fingerprint density at radius 2 is 1.73 bits per heavy atom. The van der Waals surface area contributed by atoms with E-state index in [1.165, 1.54) is 6.07 Å². The van der Waals surface area contributed by atoms with Crippen LogP contribution >= 0.6 is 11.6 Å². The van der Waals surface area contributed by atoms with Crippen LogP contribution < -0.4 is 10.6 Å². The van der Waals surface area contributed by atoms with E-state index in [0.29, 0.717) is 44.0 Å². The summed E-state index contributed by atoms with van der Waals surface area (Å²) >= 11 is 6.51. The van der Waals surface area contributed by atoms with E-state index in [9.17, 15) is 28.0 Å². The van der Waals surface area contributed by atoms with Crippen molar-refractivity contribution in [3.05, 3.63) is 51.8 Å². The van der Waals surface area contributed by atoms with E-state index in [2.05, 4.69) is 10.6 Å². The number of rotatable bonds is 9. The lowest BCUT2D eigenvalue weighted by Gasteiger charge is -2.28. The van der Waals surface area contributed by atoms with Gasteiger partial charge >= 0.3 is 5.97 Å². The molecule has 1 saturated carbocycles. The molecular formula is C30H36ClF2N3O5. The third-order valence-corrected chi connectivity index (χ3v) is 8.00. The van der Waals surface area contributed by atoms with Gasteiger partial charge in [-0.3, -0.25) is 19.2 Å². The van der Waals surface area contributed by atoms with Gasteiger partial charge in [0.2, 0.25) is 0 Å². The highest BCUT2D eigenvalue weighted by Crippen LogP contribution is 2.35. The Bertz CT molecular complexity index is 1340. The topological polar surface area (TPSA) is 106 Å². The number of carbonyl (C=O) groups excluding carboxylic acids is 4. The molecule has 0 spiro atoms. The highest BCUT2D eigenvalue weighted by Gasteiger charge is 2.35. The Morgan fingerprint density at radius 3 is 2.39 bits per heavy atom.